The molecule has 4 N–H and O–H groups in total. The maximum Gasteiger partial charge on any atom is 0.236 e. The lowest BCUT2D eigenvalue weighted by Gasteiger charge is -2.23. The summed E-state index contributed by atoms with van der Waals surface area (Å²) in [4.78, 5) is 14.0. The molecule has 0 aliphatic heterocycles. The zero-order chi connectivity index (χ0) is 18.0. The summed E-state index contributed by atoms with van der Waals surface area (Å²) < 4.78 is 0. The molecule has 0 unspecified atom stereocenters. The molecule has 3 rings (SSSR count). The average molecular weight is 337 g/mol. The van der Waals surface area contributed by atoms with Gasteiger partial charge in [-0.2, -0.15) is 0 Å². The van der Waals surface area contributed by atoms with Gasteiger partial charge < -0.3 is 10.8 Å². The monoisotopic (exact) mass is 337 g/mol. The fraction of sp³-hybridized carbons (Fsp3) is 0.300. The first-order valence-corrected chi connectivity index (χ1v) is 8.43. The van der Waals surface area contributed by atoms with Crippen LogP contribution >= 0.6 is 0 Å². The summed E-state index contributed by atoms with van der Waals surface area (Å²) in [5.74, 6) is -0.318. The first-order valence-electron chi connectivity index (χ1n) is 8.43. The quantitative estimate of drug-likeness (QED) is 0.579. The molecule has 1 atom stereocenters. The first-order chi connectivity index (χ1) is 12.0. The Morgan fingerprint density at radius 1 is 1.24 bits per heavy atom. The van der Waals surface area contributed by atoms with Crippen molar-refractivity contribution in [2.24, 2.45) is 11.7 Å². The van der Waals surface area contributed by atoms with E-state index < -0.39 is 0 Å². The molecule has 1 saturated carbocycles. The molecule has 1 amide bonds. The van der Waals surface area contributed by atoms with E-state index in [0.717, 1.165) is 35.1 Å². The number of nitrogens with two attached hydrogens (primary N) is 1. The van der Waals surface area contributed by atoms with Gasteiger partial charge in [0.25, 0.3) is 0 Å². The van der Waals surface area contributed by atoms with Crippen LogP contribution in [-0.4, -0.2) is 28.9 Å². The number of hydrogen-bond donors (Lipinski definition) is 3. The number of rotatable bonds is 5. The fourth-order valence-electron chi connectivity index (χ4n) is 3.13. The van der Waals surface area contributed by atoms with Crippen LogP contribution in [0, 0.1) is 11.3 Å². The lowest BCUT2D eigenvalue weighted by molar-refractivity contribution is -0.128. The highest BCUT2D eigenvalue weighted by Gasteiger charge is 2.39. The summed E-state index contributed by atoms with van der Waals surface area (Å²) in [5, 5.41) is 16.9. The van der Waals surface area contributed by atoms with Crippen molar-refractivity contribution < 1.29 is 9.90 Å². The molecule has 0 heterocycles. The van der Waals surface area contributed by atoms with Crippen molar-refractivity contribution in [3.05, 3.63) is 59.7 Å². The molecule has 0 radical (unpaired) electrons. The van der Waals surface area contributed by atoms with Gasteiger partial charge in [-0.25, -0.2) is 0 Å². The summed E-state index contributed by atoms with van der Waals surface area (Å²) in [6.07, 6.45) is 2.04. The number of carbonyl (C=O) groups is 1. The van der Waals surface area contributed by atoms with Gasteiger partial charge in [-0.05, 0) is 47.1 Å². The van der Waals surface area contributed by atoms with Crippen molar-refractivity contribution >= 4 is 11.9 Å². The standard InChI is InChI=1S/C20H23N3O2/c1-23(20(21)22)19(25)18(14-8-9-14)17-7-3-6-16(11-17)15-5-2-4-13(10-15)12-24/h2-7,10-11,14,18,24H,8-9,12H2,1H3,(H3,21,22)/t18-/m0/s1. The minimum Gasteiger partial charge on any atom is -0.392 e. The van der Waals surface area contributed by atoms with E-state index in [9.17, 15) is 9.90 Å². The molecule has 0 bridgehead atoms. The molecule has 1 fully saturated rings. The van der Waals surface area contributed by atoms with Gasteiger partial charge in [-0.3, -0.25) is 15.1 Å². The van der Waals surface area contributed by atoms with E-state index in [1.807, 2.05) is 48.5 Å². The highest BCUT2D eigenvalue weighted by molar-refractivity contribution is 5.98. The minimum absolute atomic E-state index is 0.000121. The molecule has 0 aromatic heterocycles. The number of guanidine groups is 1. The summed E-state index contributed by atoms with van der Waals surface area (Å²) in [6, 6.07) is 15.7. The van der Waals surface area contributed by atoms with E-state index in [2.05, 4.69) is 0 Å². The third kappa shape index (κ3) is 3.72. The van der Waals surface area contributed by atoms with Gasteiger partial charge in [-0.1, -0.05) is 42.5 Å². The predicted molar refractivity (Wildman–Crippen MR) is 97.9 cm³/mol. The van der Waals surface area contributed by atoms with E-state index in [4.69, 9.17) is 11.1 Å². The smallest absolute Gasteiger partial charge is 0.236 e. The molecule has 5 nitrogen and oxygen atoms in total. The van der Waals surface area contributed by atoms with Gasteiger partial charge in [0.1, 0.15) is 0 Å². The Morgan fingerprint density at radius 2 is 1.88 bits per heavy atom. The first kappa shape index (κ1) is 17.2. The van der Waals surface area contributed by atoms with Crippen LogP contribution in [0.25, 0.3) is 11.1 Å². The number of benzene rings is 2. The van der Waals surface area contributed by atoms with Crippen molar-refractivity contribution in [3.63, 3.8) is 0 Å². The fourth-order valence-corrected chi connectivity index (χ4v) is 3.13. The molecule has 2 aromatic carbocycles. The summed E-state index contributed by atoms with van der Waals surface area (Å²) in [5.41, 5.74) is 9.32. The molecule has 1 aliphatic rings. The second-order valence-electron chi connectivity index (χ2n) is 6.58. The van der Waals surface area contributed by atoms with Gasteiger partial charge in [-0.15, -0.1) is 0 Å². The summed E-state index contributed by atoms with van der Waals surface area (Å²) in [6.45, 7) is 0.000121. The number of aliphatic hydroxyl groups excluding tert-OH is 1. The Balaban J connectivity index is 1.95. The molecule has 0 spiro atoms. The zero-order valence-electron chi connectivity index (χ0n) is 14.3. The normalized spacial score (nSPS) is 14.8. The molecule has 130 valence electrons. The van der Waals surface area contributed by atoms with Crippen molar-refractivity contribution in [2.45, 2.75) is 25.4 Å². The number of hydrogen-bond acceptors (Lipinski definition) is 3. The predicted octanol–water partition coefficient (Wildman–Crippen LogP) is 2.69. The number of aliphatic hydroxyl groups is 1. The third-order valence-corrected chi connectivity index (χ3v) is 4.74. The Morgan fingerprint density at radius 3 is 2.48 bits per heavy atom. The van der Waals surface area contributed by atoms with Crippen molar-refractivity contribution in [1.29, 1.82) is 5.41 Å². The third-order valence-electron chi connectivity index (χ3n) is 4.74. The van der Waals surface area contributed by atoms with E-state index in [0.29, 0.717) is 5.92 Å². The summed E-state index contributed by atoms with van der Waals surface area (Å²) >= 11 is 0. The topological polar surface area (TPSA) is 90.4 Å². The number of nitrogens with one attached hydrogen (secondary N) is 1. The number of amides is 1. The lowest BCUT2D eigenvalue weighted by atomic mass is 9.90. The van der Waals surface area contributed by atoms with Crippen molar-refractivity contribution in [1.82, 2.24) is 4.90 Å². The van der Waals surface area contributed by atoms with Gasteiger partial charge in [0.15, 0.2) is 5.96 Å². The van der Waals surface area contributed by atoms with Gasteiger partial charge >= 0.3 is 0 Å². The van der Waals surface area contributed by atoms with Crippen molar-refractivity contribution in [2.75, 3.05) is 7.05 Å². The Kier molecular flexibility index (Phi) is 4.86. The second kappa shape index (κ2) is 7.07. The van der Waals surface area contributed by atoms with E-state index in [1.165, 1.54) is 4.90 Å². The van der Waals surface area contributed by atoms with Crippen LogP contribution in [0.1, 0.15) is 29.9 Å². The largest absolute Gasteiger partial charge is 0.392 e. The number of carbonyl (C=O) groups excluding carboxylic acids is 1. The van der Waals surface area contributed by atoms with E-state index in [1.54, 1.807) is 7.05 Å². The van der Waals surface area contributed by atoms with Crippen LogP contribution in [0.2, 0.25) is 0 Å². The second-order valence-corrected chi connectivity index (χ2v) is 6.58. The van der Waals surface area contributed by atoms with E-state index in [-0.39, 0.29) is 24.4 Å². The van der Waals surface area contributed by atoms with Crippen LogP contribution < -0.4 is 5.73 Å². The highest BCUT2D eigenvalue weighted by Crippen LogP contribution is 2.44. The number of nitrogens with zero attached hydrogens (tertiary/aromatic N) is 1. The van der Waals surface area contributed by atoms with Crippen LogP contribution in [0.3, 0.4) is 0 Å². The average Bonchev–Trinajstić information content (AvgIpc) is 3.46. The molecule has 25 heavy (non-hydrogen) atoms. The SMILES string of the molecule is CN(C(=N)N)C(=O)[C@H](c1cccc(-c2cccc(CO)c2)c1)C1CC1. The maximum absolute atomic E-state index is 12.8. The lowest BCUT2D eigenvalue weighted by Crippen LogP contribution is -2.41. The maximum atomic E-state index is 12.8. The molecule has 5 heteroatoms. The van der Waals surface area contributed by atoms with Crippen molar-refractivity contribution in [3.8, 4) is 11.1 Å². The summed E-state index contributed by atoms with van der Waals surface area (Å²) in [7, 11) is 1.55. The number of likely N-dealkylation sites (N-methyl/N-ethyl adjacent to an activating group) is 1. The van der Waals surface area contributed by atoms with Crippen LogP contribution in [0.5, 0.6) is 0 Å². The highest BCUT2D eigenvalue weighted by atomic mass is 16.3. The molecule has 0 saturated heterocycles. The minimum atomic E-state index is -0.269. The zero-order valence-corrected chi connectivity index (χ0v) is 14.3. The Labute approximate surface area is 147 Å². The van der Waals surface area contributed by atoms with E-state index >= 15 is 0 Å². The van der Waals surface area contributed by atoms with Gasteiger partial charge in [0.05, 0.1) is 12.5 Å². The molecule has 1 aliphatic carbocycles. The van der Waals surface area contributed by atoms with Gasteiger partial charge in [0, 0.05) is 7.05 Å². The molecule has 2 aromatic rings. The molecular weight excluding hydrogens is 314 g/mol. The Hall–Kier alpha value is -2.66. The van der Waals surface area contributed by atoms with Crippen LogP contribution in [0.4, 0.5) is 0 Å². The van der Waals surface area contributed by atoms with Crippen LogP contribution in [-0.2, 0) is 11.4 Å². The Bertz CT molecular complexity index is 799. The van der Waals surface area contributed by atoms with Gasteiger partial charge in [0.2, 0.25) is 5.91 Å². The molecular formula is C20H23N3O2. The van der Waals surface area contributed by atoms with Crippen LogP contribution in [0.15, 0.2) is 48.5 Å².